The van der Waals surface area contributed by atoms with Crippen LogP contribution in [0.4, 0.5) is 87.8 Å². The number of halogens is 24. The molecule has 528 valence electrons. The fraction of sp³-hybridized carbons (Fsp3) is 0.480. The molecule has 8 N–H and O–H groups in total. The van der Waals surface area contributed by atoms with Gasteiger partial charge in [-0.25, -0.2) is 87.8 Å². The van der Waals surface area contributed by atoms with E-state index >= 15 is 0 Å². The lowest BCUT2D eigenvalue weighted by Crippen LogP contribution is -2.18. The first kappa shape index (κ1) is 91.4. The maximum atomic E-state index is 12.4. The van der Waals surface area contributed by atoms with Gasteiger partial charge in [0.15, 0.2) is 103 Å². The molecule has 2 aliphatic rings. The molecule has 92 heavy (non-hydrogen) atoms. The van der Waals surface area contributed by atoms with Crippen LogP contribution in [0.25, 0.3) is 0 Å². The lowest BCUT2D eigenvalue weighted by Gasteiger charge is -2.09. The fourth-order valence-electron chi connectivity index (χ4n) is 4.95. The molecule has 42 heteroatoms. The van der Waals surface area contributed by atoms with Gasteiger partial charge in [-0.1, -0.05) is 0 Å². The topological polar surface area (TPSA) is 215 Å². The molecule has 0 saturated carbocycles. The van der Waals surface area contributed by atoms with Gasteiger partial charge in [0, 0.05) is 0 Å². The van der Waals surface area contributed by atoms with E-state index in [2.05, 4.69) is 47.4 Å². The smallest absolute Gasteiger partial charge is 0.200 e. The summed E-state index contributed by atoms with van der Waals surface area (Å²) in [6.45, 7) is 14.1. The van der Waals surface area contributed by atoms with E-state index in [4.69, 9.17) is 56.8 Å². The Morgan fingerprint density at radius 3 is 0.304 bits per heavy atom. The van der Waals surface area contributed by atoms with Crippen LogP contribution in [0.2, 0.25) is 0 Å². The van der Waals surface area contributed by atoms with Crippen molar-refractivity contribution in [2.24, 2.45) is 22.9 Å². The number of thiocarbonyl (C=S) groups is 2. The zero-order chi connectivity index (χ0) is 70.5. The highest BCUT2D eigenvalue weighted by molar-refractivity contribution is 14.1. The van der Waals surface area contributed by atoms with Gasteiger partial charge in [-0.15, -0.1) is 0 Å². The van der Waals surface area contributed by atoms with E-state index in [0.717, 1.165) is 90.4 Å². The zero-order valence-electron chi connectivity index (χ0n) is 47.1. The predicted molar refractivity (Wildman–Crippen MR) is 328 cm³/mol. The molecule has 0 unspecified atom stereocenters. The van der Waals surface area contributed by atoms with Crippen molar-refractivity contribution in [2.75, 3.05) is 159 Å². The second kappa shape index (κ2) is 54.3. The summed E-state index contributed by atoms with van der Waals surface area (Å²) >= 11 is 12.3. The molecule has 0 aromatic heterocycles. The van der Waals surface area contributed by atoms with Gasteiger partial charge in [-0.3, -0.25) is 0 Å². The van der Waals surface area contributed by atoms with Crippen molar-refractivity contribution in [1.29, 1.82) is 0 Å². The molecule has 6 rings (SSSR count). The third-order valence-corrected chi connectivity index (χ3v) is 12.9. The first-order valence-corrected chi connectivity index (χ1v) is 30.2. The Balaban J connectivity index is 0. The molecule has 2 fully saturated rings. The van der Waals surface area contributed by atoms with Gasteiger partial charge in [0.25, 0.3) is 0 Å². The SMILES string of the molecule is C1COCCOCCOCCOCCOCCO1.C1COCCOCCOCCOCCOCCO1.Fc1c(F)c(F)c(I)c(F)c1F.Fc1c(F)c(F)c(I)c(F)c1F.Fc1c(F)c(F)c(I)c(F)c1F.Fc1c(F)c(F)c(I)c(F)c1F.NC(N)=S.NC(N)=S. The highest BCUT2D eigenvalue weighted by atomic mass is 127. The number of benzene rings is 4. The normalized spacial score (nSPS) is 15.4. The quantitative estimate of drug-likeness (QED) is 0.0423. The molecule has 0 spiro atoms. The fourth-order valence-corrected chi connectivity index (χ4v) is 6.85. The van der Waals surface area contributed by atoms with Gasteiger partial charge < -0.3 is 79.8 Å². The Morgan fingerprint density at radius 2 is 0.239 bits per heavy atom. The largest absolute Gasteiger partial charge is 0.377 e. The van der Waals surface area contributed by atoms with Crippen LogP contribution in [0.5, 0.6) is 0 Å². The zero-order valence-corrected chi connectivity index (χ0v) is 57.3. The summed E-state index contributed by atoms with van der Waals surface area (Å²) < 4.78 is 307. The van der Waals surface area contributed by atoms with Crippen molar-refractivity contribution in [3.05, 3.63) is 131 Å². The Kier molecular flexibility index (Phi) is 53.9. The minimum absolute atomic E-state index is 0.000000000000000222. The molecule has 4 aromatic carbocycles. The van der Waals surface area contributed by atoms with E-state index in [-0.39, 0.29) is 10.2 Å². The summed E-state index contributed by atoms with van der Waals surface area (Å²) in [7, 11) is 0. The average molecular weight is 1860 g/mol. The molecule has 0 aliphatic carbocycles. The minimum atomic E-state index is -2.13. The van der Waals surface area contributed by atoms with E-state index in [1.54, 1.807) is 0 Å². The molecular weight excluding hydrogens is 1800 g/mol. The number of rotatable bonds is 0. The average Bonchev–Trinajstić information content (AvgIpc) is 0.922. The summed E-state index contributed by atoms with van der Waals surface area (Å²) in [5, 5.41) is 0.000000000000000444. The van der Waals surface area contributed by atoms with Crippen LogP contribution in [-0.2, 0) is 56.8 Å². The van der Waals surface area contributed by atoms with Crippen molar-refractivity contribution in [1.82, 2.24) is 0 Å². The van der Waals surface area contributed by atoms with Crippen LogP contribution in [0, 0.1) is 131 Å². The second-order valence-corrected chi connectivity index (χ2v) is 20.9. The summed E-state index contributed by atoms with van der Waals surface area (Å²) in [6.07, 6.45) is 0. The second-order valence-electron chi connectivity index (χ2n) is 15.7. The van der Waals surface area contributed by atoms with Crippen molar-refractivity contribution in [2.45, 2.75) is 0 Å². The van der Waals surface area contributed by atoms with E-state index in [1.807, 2.05) is 0 Å². The molecule has 16 nitrogen and oxygen atoms in total. The lowest BCUT2D eigenvalue weighted by atomic mass is 10.3. The van der Waals surface area contributed by atoms with Crippen molar-refractivity contribution in [3.63, 3.8) is 0 Å². The molecule has 0 radical (unpaired) electrons. The summed E-state index contributed by atoms with van der Waals surface area (Å²) in [5.41, 5.74) is 18.5. The molecule has 2 saturated heterocycles. The molecule has 0 amide bonds. The molecule has 4 aromatic rings. The van der Waals surface area contributed by atoms with Crippen molar-refractivity contribution in [3.8, 4) is 0 Å². The Labute approximate surface area is 577 Å². The molecule has 0 bridgehead atoms. The Bertz CT molecular complexity index is 1920. The van der Waals surface area contributed by atoms with Crippen LogP contribution in [-0.4, -0.2) is 169 Å². The van der Waals surface area contributed by atoms with E-state index in [1.165, 1.54) is 0 Å². The lowest BCUT2D eigenvalue weighted by molar-refractivity contribution is -0.0334. The van der Waals surface area contributed by atoms with Crippen LogP contribution in [0.15, 0.2) is 0 Å². The molecule has 2 heterocycles. The van der Waals surface area contributed by atoms with Crippen LogP contribution >= 0.6 is 115 Å². The number of hydrogen-bond acceptors (Lipinski definition) is 14. The minimum Gasteiger partial charge on any atom is -0.377 e. The van der Waals surface area contributed by atoms with Gasteiger partial charge in [-0.2, -0.15) is 0 Å². The van der Waals surface area contributed by atoms with E-state index in [0.29, 0.717) is 159 Å². The van der Waals surface area contributed by atoms with E-state index < -0.39 is 131 Å². The van der Waals surface area contributed by atoms with Crippen molar-refractivity contribution < 1.29 is 145 Å². The molecular formula is C50H56F20I4N4O12S2. The summed E-state index contributed by atoms with van der Waals surface area (Å²) in [5.74, 6) is -38.3. The number of ether oxygens (including phenoxy) is 12. The summed E-state index contributed by atoms with van der Waals surface area (Å²) in [4.78, 5) is 0. The number of nitrogens with two attached hydrogens (primary N) is 4. The number of hydrogen-bond donors (Lipinski definition) is 4. The van der Waals surface area contributed by atoms with Crippen molar-refractivity contribution >= 4 is 125 Å². The highest BCUT2D eigenvalue weighted by Gasteiger charge is 2.27. The van der Waals surface area contributed by atoms with E-state index in [9.17, 15) is 87.8 Å². The maximum absolute atomic E-state index is 12.4. The van der Waals surface area contributed by atoms with Crippen LogP contribution in [0.1, 0.15) is 0 Å². The standard InChI is InChI=1S/2C12H24O6.4C6F5I.2CH4N2S/c2*1-2-14-5-6-16-9-10-18-12-11-17-8-7-15-4-3-13-1;4*7-1-2(8)4(10)6(12)5(11)3(1)9;2*2-1(3)4/h2*1-12H2;;;;;2*(H4,2,3,4). The first-order chi connectivity index (χ1) is 43.3. The monoisotopic (exact) mass is 1860 g/mol. The summed E-state index contributed by atoms with van der Waals surface area (Å²) in [6, 6.07) is 0. The Hall–Kier alpha value is -2.70. The third kappa shape index (κ3) is 38.9. The molecule has 0 atom stereocenters. The highest BCUT2D eigenvalue weighted by Crippen LogP contribution is 2.27. The Morgan fingerprint density at radius 1 is 0.185 bits per heavy atom. The van der Waals surface area contributed by atoms with Crippen LogP contribution in [0.3, 0.4) is 0 Å². The van der Waals surface area contributed by atoms with Gasteiger partial charge in [0.05, 0.1) is 173 Å². The van der Waals surface area contributed by atoms with Gasteiger partial charge in [-0.05, 0) is 115 Å². The van der Waals surface area contributed by atoms with Gasteiger partial charge in [0.2, 0.25) is 23.3 Å². The third-order valence-electron chi connectivity index (χ3n) is 9.09. The maximum Gasteiger partial charge on any atom is 0.200 e. The van der Waals surface area contributed by atoms with Crippen LogP contribution < -0.4 is 22.9 Å². The van der Waals surface area contributed by atoms with Gasteiger partial charge >= 0.3 is 0 Å². The first-order valence-electron chi connectivity index (χ1n) is 25.0. The predicted octanol–water partition coefficient (Wildman–Crippen LogP) is 10.5. The van der Waals surface area contributed by atoms with Gasteiger partial charge in [0.1, 0.15) is 0 Å². The molecule has 2 aliphatic heterocycles.